The van der Waals surface area contributed by atoms with Crippen LogP contribution in [0.15, 0.2) is 24.3 Å². The fourth-order valence-electron chi connectivity index (χ4n) is 2.97. The fourth-order valence-corrected chi connectivity index (χ4v) is 2.97. The van der Waals surface area contributed by atoms with Crippen LogP contribution in [-0.2, 0) is 16.1 Å². The normalized spacial score (nSPS) is 20.2. The number of benzene rings is 1. The van der Waals surface area contributed by atoms with Crippen molar-refractivity contribution in [1.29, 1.82) is 0 Å². The van der Waals surface area contributed by atoms with Crippen LogP contribution < -0.4 is 10.6 Å². The summed E-state index contributed by atoms with van der Waals surface area (Å²) in [5.41, 5.74) is 0.208. The Kier molecular flexibility index (Phi) is 6.75. The summed E-state index contributed by atoms with van der Waals surface area (Å²) in [4.78, 5) is 26.5. The molecule has 0 aromatic heterocycles. The predicted molar refractivity (Wildman–Crippen MR) is 92.4 cm³/mol. The second-order valence-corrected chi connectivity index (χ2v) is 6.62. The molecule has 0 spiro atoms. The van der Waals surface area contributed by atoms with Crippen molar-refractivity contribution < 1.29 is 18.7 Å². The van der Waals surface area contributed by atoms with Crippen LogP contribution in [0.3, 0.4) is 0 Å². The molecule has 1 unspecified atom stereocenters. The number of likely N-dealkylation sites (tertiary alicyclic amines) is 1. The molecule has 1 aromatic rings. The molecule has 1 saturated heterocycles. The van der Waals surface area contributed by atoms with E-state index in [0.29, 0.717) is 32.8 Å². The van der Waals surface area contributed by atoms with E-state index in [1.807, 2.05) is 6.92 Å². The highest BCUT2D eigenvalue weighted by Gasteiger charge is 2.39. The summed E-state index contributed by atoms with van der Waals surface area (Å²) in [5.74, 6) is -0.393. The van der Waals surface area contributed by atoms with Crippen LogP contribution in [0.1, 0.15) is 25.3 Å². The van der Waals surface area contributed by atoms with Gasteiger partial charge < -0.3 is 20.3 Å². The van der Waals surface area contributed by atoms with Crippen molar-refractivity contribution in [2.45, 2.75) is 26.3 Å². The summed E-state index contributed by atoms with van der Waals surface area (Å²) in [6, 6.07) is 5.86. The van der Waals surface area contributed by atoms with Crippen molar-refractivity contribution in [2.75, 3.05) is 33.4 Å². The SMILES string of the molecule is COCCNC(=O)N1CCCC(C)(C(=O)NCc2ccc(F)cc2)C1. The quantitative estimate of drug-likeness (QED) is 0.769. The number of amides is 3. The molecule has 0 bridgehead atoms. The maximum Gasteiger partial charge on any atom is 0.317 e. The van der Waals surface area contributed by atoms with Crippen LogP contribution in [0.5, 0.6) is 0 Å². The monoisotopic (exact) mass is 351 g/mol. The molecule has 3 amide bonds. The molecular formula is C18H26FN3O3. The molecule has 1 fully saturated rings. The van der Waals surface area contributed by atoms with Crippen LogP contribution in [0.25, 0.3) is 0 Å². The third-order valence-electron chi connectivity index (χ3n) is 4.48. The Morgan fingerprint density at radius 2 is 2.00 bits per heavy atom. The summed E-state index contributed by atoms with van der Waals surface area (Å²) in [6.45, 7) is 4.13. The number of nitrogens with one attached hydrogen (secondary N) is 2. The highest BCUT2D eigenvalue weighted by molar-refractivity contribution is 5.84. The number of halogens is 1. The van der Waals surface area contributed by atoms with Crippen LogP contribution in [0, 0.1) is 11.2 Å². The topological polar surface area (TPSA) is 70.7 Å². The molecule has 2 N–H and O–H groups in total. The maximum atomic E-state index is 12.9. The van der Waals surface area contributed by atoms with E-state index in [1.54, 1.807) is 24.1 Å². The van der Waals surface area contributed by atoms with Crippen LogP contribution in [0.2, 0.25) is 0 Å². The summed E-state index contributed by atoms with van der Waals surface area (Å²) in [6.07, 6.45) is 1.50. The molecule has 6 nitrogen and oxygen atoms in total. The number of methoxy groups -OCH3 is 1. The Bertz CT molecular complexity index is 594. The van der Waals surface area contributed by atoms with Crippen molar-refractivity contribution in [3.05, 3.63) is 35.6 Å². The van der Waals surface area contributed by atoms with E-state index in [2.05, 4.69) is 10.6 Å². The second kappa shape index (κ2) is 8.80. The number of nitrogens with zero attached hydrogens (tertiary/aromatic N) is 1. The third-order valence-corrected chi connectivity index (χ3v) is 4.48. The smallest absolute Gasteiger partial charge is 0.317 e. The Morgan fingerprint density at radius 1 is 1.28 bits per heavy atom. The van der Waals surface area contributed by atoms with Crippen molar-refractivity contribution in [3.63, 3.8) is 0 Å². The lowest BCUT2D eigenvalue weighted by Crippen LogP contribution is -2.54. The first kappa shape index (κ1) is 19.2. The molecule has 2 rings (SSSR count). The van der Waals surface area contributed by atoms with Gasteiger partial charge in [-0.15, -0.1) is 0 Å². The molecule has 0 radical (unpaired) electrons. The van der Waals surface area contributed by atoms with Gasteiger partial charge in [-0.3, -0.25) is 4.79 Å². The summed E-state index contributed by atoms with van der Waals surface area (Å²) < 4.78 is 17.8. The molecule has 7 heteroatoms. The minimum absolute atomic E-state index is 0.0915. The first-order valence-electron chi connectivity index (χ1n) is 8.49. The van der Waals surface area contributed by atoms with Crippen molar-refractivity contribution >= 4 is 11.9 Å². The first-order valence-corrected chi connectivity index (χ1v) is 8.49. The van der Waals surface area contributed by atoms with E-state index >= 15 is 0 Å². The molecule has 1 aliphatic heterocycles. The van der Waals surface area contributed by atoms with Gasteiger partial charge in [-0.05, 0) is 37.5 Å². The average molecular weight is 351 g/mol. The van der Waals surface area contributed by atoms with E-state index in [9.17, 15) is 14.0 Å². The van der Waals surface area contributed by atoms with Gasteiger partial charge >= 0.3 is 6.03 Å². The molecule has 1 aromatic carbocycles. The van der Waals surface area contributed by atoms with E-state index in [4.69, 9.17) is 4.74 Å². The van der Waals surface area contributed by atoms with E-state index < -0.39 is 5.41 Å². The summed E-state index contributed by atoms with van der Waals surface area (Å²) in [7, 11) is 1.58. The van der Waals surface area contributed by atoms with Crippen molar-refractivity contribution in [2.24, 2.45) is 5.41 Å². The Balaban J connectivity index is 1.88. The predicted octanol–water partition coefficient (Wildman–Crippen LogP) is 1.90. The largest absolute Gasteiger partial charge is 0.383 e. The number of ether oxygens (including phenoxy) is 1. The fraction of sp³-hybridized carbons (Fsp3) is 0.556. The number of hydrogen-bond acceptors (Lipinski definition) is 3. The molecule has 138 valence electrons. The average Bonchev–Trinajstić information content (AvgIpc) is 2.61. The summed E-state index contributed by atoms with van der Waals surface area (Å²) >= 11 is 0. The first-order chi connectivity index (χ1) is 11.9. The van der Waals surface area contributed by atoms with Gasteiger partial charge in [0.25, 0.3) is 0 Å². The van der Waals surface area contributed by atoms with Crippen LogP contribution in [-0.4, -0.2) is 50.2 Å². The highest BCUT2D eigenvalue weighted by Crippen LogP contribution is 2.29. The standard InChI is InChI=1S/C18H26FN3O3/c1-18(16(23)21-12-14-4-6-15(19)7-5-14)8-3-10-22(13-18)17(24)20-9-11-25-2/h4-7H,3,8-13H2,1-2H3,(H,20,24)(H,21,23). The van der Waals surface area contributed by atoms with Crippen molar-refractivity contribution in [3.8, 4) is 0 Å². The lowest BCUT2D eigenvalue weighted by molar-refractivity contribution is -0.132. The van der Waals surface area contributed by atoms with E-state index in [-0.39, 0.29) is 17.8 Å². The molecule has 1 heterocycles. The zero-order valence-electron chi connectivity index (χ0n) is 14.8. The Morgan fingerprint density at radius 3 is 2.68 bits per heavy atom. The lowest BCUT2D eigenvalue weighted by Gasteiger charge is -2.39. The van der Waals surface area contributed by atoms with Gasteiger partial charge in [-0.2, -0.15) is 0 Å². The van der Waals surface area contributed by atoms with Crippen molar-refractivity contribution in [1.82, 2.24) is 15.5 Å². The minimum Gasteiger partial charge on any atom is -0.383 e. The molecule has 1 atom stereocenters. The second-order valence-electron chi connectivity index (χ2n) is 6.62. The maximum absolute atomic E-state index is 12.9. The van der Waals surface area contributed by atoms with Gasteiger partial charge in [0.2, 0.25) is 5.91 Å². The van der Waals surface area contributed by atoms with Crippen LogP contribution in [0.4, 0.5) is 9.18 Å². The number of hydrogen-bond donors (Lipinski definition) is 2. The van der Waals surface area contributed by atoms with Crippen LogP contribution >= 0.6 is 0 Å². The van der Waals surface area contributed by atoms with Gasteiger partial charge in [0.1, 0.15) is 5.82 Å². The molecule has 0 aliphatic carbocycles. The molecule has 0 saturated carbocycles. The Labute approximate surface area is 147 Å². The number of urea groups is 1. The number of piperidine rings is 1. The van der Waals surface area contributed by atoms with Gasteiger partial charge in [-0.1, -0.05) is 12.1 Å². The number of carbonyl (C=O) groups excluding carboxylic acids is 2. The molecule has 25 heavy (non-hydrogen) atoms. The summed E-state index contributed by atoms with van der Waals surface area (Å²) in [5, 5.41) is 5.69. The van der Waals surface area contributed by atoms with Gasteiger partial charge in [0.15, 0.2) is 0 Å². The van der Waals surface area contributed by atoms with Gasteiger partial charge in [-0.25, -0.2) is 9.18 Å². The van der Waals surface area contributed by atoms with E-state index in [0.717, 1.165) is 18.4 Å². The van der Waals surface area contributed by atoms with E-state index in [1.165, 1.54) is 12.1 Å². The van der Waals surface area contributed by atoms with Gasteiger partial charge in [0, 0.05) is 33.3 Å². The minimum atomic E-state index is -0.628. The Hall–Kier alpha value is -2.15. The number of carbonyl (C=O) groups is 2. The highest BCUT2D eigenvalue weighted by atomic mass is 19.1. The van der Waals surface area contributed by atoms with Gasteiger partial charge in [0.05, 0.1) is 12.0 Å². The lowest BCUT2D eigenvalue weighted by atomic mass is 9.81. The zero-order valence-corrected chi connectivity index (χ0v) is 14.8. The molecule has 1 aliphatic rings. The zero-order chi connectivity index (χ0) is 18.3. The molecular weight excluding hydrogens is 325 g/mol. The third kappa shape index (κ3) is 5.42. The number of rotatable bonds is 6.